The first-order valence-electron chi connectivity index (χ1n) is 8.98. The minimum Gasteiger partial charge on any atom is -0.491 e. The van der Waals surface area contributed by atoms with E-state index in [1.54, 1.807) is 0 Å². The van der Waals surface area contributed by atoms with Gasteiger partial charge in [0.2, 0.25) is 5.91 Å². The number of carbonyl (C=O) groups is 1. The molecule has 1 amide bonds. The van der Waals surface area contributed by atoms with E-state index in [0.29, 0.717) is 6.61 Å². The third kappa shape index (κ3) is 3.54. The topological polar surface area (TPSA) is 47.6 Å². The number of nitrogens with one attached hydrogen (secondary N) is 1. The van der Waals surface area contributed by atoms with E-state index in [9.17, 15) is 4.79 Å². The van der Waals surface area contributed by atoms with Crippen molar-refractivity contribution in [1.82, 2.24) is 0 Å². The number of anilines is 1. The molecule has 1 unspecified atom stereocenters. The number of ether oxygens (including phenoxy) is 2. The van der Waals surface area contributed by atoms with E-state index in [1.165, 1.54) is 0 Å². The molecule has 4 heteroatoms. The summed E-state index contributed by atoms with van der Waals surface area (Å²) in [5.74, 6) is 0.879. The molecule has 1 N–H and O–H groups in total. The number of hydrogen-bond acceptors (Lipinski definition) is 3. The van der Waals surface area contributed by atoms with Crippen LogP contribution in [0.4, 0.5) is 5.69 Å². The van der Waals surface area contributed by atoms with Crippen LogP contribution in [0.3, 0.4) is 0 Å². The van der Waals surface area contributed by atoms with Crippen molar-refractivity contribution in [3.05, 3.63) is 60.2 Å². The lowest BCUT2D eigenvalue weighted by Crippen LogP contribution is -2.27. The van der Waals surface area contributed by atoms with Gasteiger partial charge in [0.1, 0.15) is 12.4 Å². The molecule has 2 fully saturated rings. The third-order valence-corrected chi connectivity index (χ3v) is 5.08. The molecule has 25 heavy (non-hydrogen) atoms. The fourth-order valence-corrected chi connectivity index (χ4v) is 3.38. The van der Waals surface area contributed by atoms with Crippen molar-refractivity contribution in [2.75, 3.05) is 18.5 Å². The Kier molecular flexibility index (Phi) is 4.45. The van der Waals surface area contributed by atoms with Crippen LogP contribution in [0.1, 0.15) is 31.2 Å². The van der Waals surface area contributed by atoms with Gasteiger partial charge in [-0.05, 0) is 55.5 Å². The zero-order valence-electron chi connectivity index (χ0n) is 14.2. The van der Waals surface area contributed by atoms with Gasteiger partial charge >= 0.3 is 0 Å². The molecule has 0 bridgehead atoms. The SMILES string of the molecule is O=C(Nc1ccc(OCC2CCCO2)cc1)C1(c2ccccc2)CC1. The van der Waals surface area contributed by atoms with Crippen LogP contribution in [0.25, 0.3) is 0 Å². The van der Waals surface area contributed by atoms with Crippen molar-refractivity contribution in [3.63, 3.8) is 0 Å². The highest BCUT2D eigenvalue weighted by atomic mass is 16.5. The number of rotatable bonds is 6. The normalized spacial score (nSPS) is 20.9. The molecular weight excluding hydrogens is 314 g/mol. The summed E-state index contributed by atoms with van der Waals surface area (Å²) >= 11 is 0. The standard InChI is InChI=1S/C21H23NO3/c23-20(21(12-13-21)16-5-2-1-3-6-16)22-17-8-10-18(11-9-17)25-15-19-7-4-14-24-19/h1-3,5-6,8-11,19H,4,7,12-15H2,(H,22,23). The number of hydrogen-bond donors (Lipinski definition) is 1. The maximum absolute atomic E-state index is 12.7. The smallest absolute Gasteiger partial charge is 0.235 e. The van der Waals surface area contributed by atoms with Gasteiger partial charge in [-0.25, -0.2) is 0 Å². The predicted molar refractivity (Wildman–Crippen MR) is 96.9 cm³/mol. The summed E-state index contributed by atoms with van der Waals surface area (Å²) in [6.07, 6.45) is 4.20. The molecule has 2 aromatic carbocycles. The first-order chi connectivity index (χ1) is 12.3. The molecule has 0 spiro atoms. The van der Waals surface area contributed by atoms with Crippen molar-refractivity contribution in [2.45, 2.75) is 37.2 Å². The van der Waals surface area contributed by atoms with Crippen molar-refractivity contribution in [1.29, 1.82) is 0 Å². The lowest BCUT2D eigenvalue weighted by molar-refractivity contribution is -0.118. The Morgan fingerprint density at radius 1 is 1.12 bits per heavy atom. The van der Waals surface area contributed by atoms with E-state index in [4.69, 9.17) is 9.47 Å². The first kappa shape index (κ1) is 16.2. The van der Waals surface area contributed by atoms with Crippen LogP contribution in [-0.4, -0.2) is 25.2 Å². The lowest BCUT2D eigenvalue weighted by atomic mass is 9.95. The summed E-state index contributed by atoms with van der Waals surface area (Å²) < 4.78 is 11.3. The molecule has 1 aliphatic heterocycles. The molecule has 1 saturated heterocycles. The maximum atomic E-state index is 12.7. The van der Waals surface area contributed by atoms with E-state index in [2.05, 4.69) is 5.32 Å². The van der Waals surface area contributed by atoms with Crippen molar-refractivity contribution >= 4 is 11.6 Å². The van der Waals surface area contributed by atoms with Gasteiger partial charge in [0.25, 0.3) is 0 Å². The highest BCUT2D eigenvalue weighted by Crippen LogP contribution is 2.48. The van der Waals surface area contributed by atoms with Gasteiger partial charge in [0.05, 0.1) is 11.5 Å². The molecule has 1 heterocycles. The highest BCUT2D eigenvalue weighted by molar-refractivity contribution is 6.01. The Bertz CT molecular complexity index is 717. The molecular formula is C21H23NO3. The van der Waals surface area contributed by atoms with Gasteiger partial charge in [0, 0.05) is 12.3 Å². The van der Waals surface area contributed by atoms with Crippen LogP contribution in [-0.2, 0) is 14.9 Å². The van der Waals surface area contributed by atoms with Crippen molar-refractivity contribution in [2.24, 2.45) is 0 Å². The van der Waals surface area contributed by atoms with E-state index in [-0.39, 0.29) is 17.4 Å². The Morgan fingerprint density at radius 2 is 1.88 bits per heavy atom. The summed E-state index contributed by atoms with van der Waals surface area (Å²) in [6, 6.07) is 17.6. The number of amides is 1. The fraction of sp³-hybridized carbons (Fsp3) is 0.381. The zero-order chi connectivity index (χ0) is 17.1. The molecule has 1 saturated carbocycles. The van der Waals surface area contributed by atoms with Crippen molar-refractivity contribution < 1.29 is 14.3 Å². The Morgan fingerprint density at radius 3 is 2.52 bits per heavy atom. The molecule has 1 atom stereocenters. The van der Waals surface area contributed by atoms with Gasteiger partial charge < -0.3 is 14.8 Å². The van der Waals surface area contributed by atoms with E-state index >= 15 is 0 Å². The quantitative estimate of drug-likeness (QED) is 0.869. The Labute approximate surface area is 148 Å². The van der Waals surface area contributed by atoms with Gasteiger partial charge in [-0.3, -0.25) is 4.79 Å². The summed E-state index contributed by atoms with van der Waals surface area (Å²) in [5, 5.41) is 3.05. The molecule has 2 aromatic rings. The number of carbonyl (C=O) groups excluding carboxylic acids is 1. The van der Waals surface area contributed by atoms with Gasteiger partial charge in [-0.2, -0.15) is 0 Å². The van der Waals surface area contributed by atoms with Crippen LogP contribution in [0.15, 0.2) is 54.6 Å². The molecule has 0 radical (unpaired) electrons. The fourth-order valence-electron chi connectivity index (χ4n) is 3.38. The maximum Gasteiger partial charge on any atom is 0.235 e. The predicted octanol–water partition coefficient (Wildman–Crippen LogP) is 3.91. The average Bonchev–Trinajstić information content (AvgIpc) is 3.31. The van der Waals surface area contributed by atoms with Crippen LogP contribution in [0, 0.1) is 0 Å². The lowest BCUT2D eigenvalue weighted by Gasteiger charge is -2.16. The summed E-state index contributed by atoms with van der Waals surface area (Å²) in [4.78, 5) is 12.7. The third-order valence-electron chi connectivity index (χ3n) is 5.08. The second-order valence-corrected chi connectivity index (χ2v) is 6.87. The Balaban J connectivity index is 1.35. The molecule has 130 valence electrons. The molecule has 4 rings (SSSR count). The summed E-state index contributed by atoms with van der Waals surface area (Å²) in [6.45, 7) is 1.42. The van der Waals surface area contributed by atoms with Crippen LogP contribution >= 0.6 is 0 Å². The second-order valence-electron chi connectivity index (χ2n) is 6.87. The average molecular weight is 337 g/mol. The van der Waals surface area contributed by atoms with Crippen LogP contribution in [0.2, 0.25) is 0 Å². The largest absolute Gasteiger partial charge is 0.491 e. The monoisotopic (exact) mass is 337 g/mol. The van der Waals surface area contributed by atoms with E-state index in [0.717, 1.165) is 49.3 Å². The van der Waals surface area contributed by atoms with Gasteiger partial charge in [-0.1, -0.05) is 30.3 Å². The molecule has 4 nitrogen and oxygen atoms in total. The first-order valence-corrected chi connectivity index (χ1v) is 8.98. The molecule has 1 aliphatic carbocycles. The van der Waals surface area contributed by atoms with Crippen molar-refractivity contribution in [3.8, 4) is 5.75 Å². The summed E-state index contributed by atoms with van der Waals surface area (Å²) in [5.41, 5.74) is 1.55. The second kappa shape index (κ2) is 6.89. The van der Waals surface area contributed by atoms with Crippen LogP contribution in [0.5, 0.6) is 5.75 Å². The molecule has 0 aromatic heterocycles. The van der Waals surface area contributed by atoms with E-state index < -0.39 is 0 Å². The van der Waals surface area contributed by atoms with Gasteiger partial charge in [-0.15, -0.1) is 0 Å². The van der Waals surface area contributed by atoms with Crippen LogP contribution < -0.4 is 10.1 Å². The molecule has 2 aliphatic rings. The van der Waals surface area contributed by atoms with Gasteiger partial charge in [0.15, 0.2) is 0 Å². The minimum absolute atomic E-state index is 0.0757. The summed E-state index contributed by atoms with van der Waals surface area (Å²) in [7, 11) is 0. The zero-order valence-corrected chi connectivity index (χ0v) is 14.2. The minimum atomic E-state index is -0.351. The van der Waals surface area contributed by atoms with E-state index in [1.807, 2.05) is 54.6 Å². The number of benzene rings is 2. The highest BCUT2D eigenvalue weighted by Gasteiger charge is 2.51. The Hall–Kier alpha value is -2.33.